The first-order valence-corrected chi connectivity index (χ1v) is 8.99. The largest absolute Gasteiger partial charge is 0.378 e. The van der Waals surface area contributed by atoms with Gasteiger partial charge in [0, 0.05) is 41.4 Å². The lowest BCUT2D eigenvalue weighted by Gasteiger charge is -2.29. The van der Waals surface area contributed by atoms with Crippen molar-refractivity contribution in [1.29, 1.82) is 0 Å². The van der Waals surface area contributed by atoms with Gasteiger partial charge < -0.3 is 15.0 Å². The van der Waals surface area contributed by atoms with Crippen molar-refractivity contribution in [3.8, 4) is 0 Å². The highest BCUT2D eigenvalue weighted by Crippen LogP contribution is 2.26. The maximum atomic E-state index is 6.27. The Morgan fingerprint density at radius 2 is 1.79 bits per heavy atom. The summed E-state index contributed by atoms with van der Waals surface area (Å²) in [5.41, 5.74) is 3.57. The molecule has 0 aromatic heterocycles. The second kappa shape index (κ2) is 8.21. The SMILES string of the molecule is CC(NCc1ccc(N2CCOCC2)cc1)c1ccc(Cl)cc1Cl. The maximum Gasteiger partial charge on any atom is 0.0642 e. The van der Waals surface area contributed by atoms with Crippen LogP contribution in [0.1, 0.15) is 24.1 Å². The van der Waals surface area contributed by atoms with Gasteiger partial charge >= 0.3 is 0 Å². The molecule has 1 unspecified atom stereocenters. The predicted octanol–water partition coefficient (Wildman–Crippen LogP) is 4.68. The maximum absolute atomic E-state index is 6.27. The lowest BCUT2D eigenvalue weighted by Crippen LogP contribution is -2.36. The molecule has 128 valence electrons. The molecule has 24 heavy (non-hydrogen) atoms. The van der Waals surface area contributed by atoms with Crippen LogP contribution in [0.4, 0.5) is 5.69 Å². The summed E-state index contributed by atoms with van der Waals surface area (Å²) in [5, 5.41) is 4.87. The van der Waals surface area contributed by atoms with Crippen LogP contribution in [-0.2, 0) is 11.3 Å². The van der Waals surface area contributed by atoms with Crippen molar-refractivity contribution in [2.75, 3.05) is 31.2 Å². The summed E-state index contributed by atoms with van der Waals surface area (Å²) in [4.78, 5) is 2.36. The molecule has 0 saturated carbocycles. The molecule has 1 fully saturated rings. The van der Waals surface area contributed by atoms with Crippen molar-refractivity contribution in [2.24, 2.45) is 0 Å². The Kier molecular flexibility index (Phi) is 6.01. The van der Waals surface area contributed by atoms with E-state index in [9.17, 15) is 0 Å². The van der Waals surface area contributed by atoms with Gasteiger partial charge in [0.25, 0.3) is 0 Å². The smallest absolute Gasteiger partial charge is 0.0642 e. The Labute approximate surface area is 153 Å². The summed E-state index contributed by atoms with van der Waals surface area (Å²) in [7, 11) is 0. The highest BCUT2D eigenvalue weighted by Gasteiger charge is 2.12. The fourth-order valence-electron chi connectivity index (χ4n) is 2.88. The van der Waals surface area contributed by atoms with Gasteiger partial charge in [0.1, 0.15) is 0 Å². The summed E-state index contributed by atoms with van der Waals surface area (Å²) < 4.78 is 5.40. The summed E-state index contributed by atoms with van der Waals surface area (Å²) in [6.45, 7) is 6.44. The third-order valence-corrected chi connectivity index (χ3v) is 4.92. The number of anilines is 1. The molecule has 3 rings (SSSR count). The molecule has 1 aliphatic rings. The van der Waals surface area contributed by atoms with E-state index in [1.165, 1.54) is 11.3 Å². The molecule has 0 aliphatic carbocycles. The lowest BCUT2D eigenvalue weighted by molar-refractivity contribution is 0.122. The molecular weight excluding hydrogens is 343 g/mol. The number of hydrogen-bond acceptors (Lipinski definition) is 3. The molecule has 2 aromatic rings. The minimum atomic E-state index is 0.161. The van der Waals surface area contributed by atoms with Crippen LogP contribution in [0.15, 0.2) is 42.5 Å². The van der Waals surface area contributed by atoms with Crippen LogP contribution >= 0.6 is 23.2 Å². The Hall–Kier alpha value is -1.26. The van der Waals surface area contributed by atoms with Crippen LogP contribution in [0.3, 0.4) is 0 Å². The molecule has 1 N–H and O–H groups in total. The van der Waals surface area contributed by atoms with Crippen LogP contribution in [0, 0.1) is 0 Å². The van der Waals surface area contributed by atoms with Gasteiger partial charge in [-0.3, -0.25) is 0 Å². The van der Waals surface area contributed by atoms with E-state index in [-0.39, 0.29) is 6.04 Å². The molecule has 0 amide bonds. The Morgan fingerprint density at radius 1 is 1.08 bits per heavy atom. The van der Waals surface area contributed by atoms with E-state index >= 15 is 0 Å². The summed E-state index contributed by atoms with van der Waals surface area (Å²) in [6.07, 6.45) is 0. The van der Waals surface area contributed by atoms with Crippen molar-refractivity contribution in [3.05, 3.63) is 63.6 Å². The molecule has 5 heteroatoms. The number of nitrogens with one attached hydrogen (secondary N) is 1. The van der Waals surface area contributed by atoms with Crippen molar-refractivity contribution < 1.29 is 4.74 Å². The van der Waals surface area contributed by atoms with Crippen LogP contribution in [0.2, 0.25) is 10.0 Å². The zero-order chi connectivity index (χ0) is 16.9. The zero-order valence-electron chi connectivity index (χ0n) is 13.8. The van der Waals surface area contributed by atoms with Gasteiger partial charge in [-0.15, -0.1) is 0 Å². The first kappa shape index (κ1) is 17.6. The average molecular weight is 365 g/mol. The van der Waals surface area contributed by atoms with Crippen LogP contribution in [0.5, 0.6) is 0 Å². The van der Waals surface area contributed by atoms with Crippen LogP contribution < -0.4 is 10.2 Å². The molecule has 2 aromatic carbocycles. The average Bonchev–Trinajstić information content (AvgIpc) is 2.61. The molecule has 0 bridgehead atoms. The standard InChI is InChI=1S/C19H22Cl2N2O/c1-14(18-7-4-16(20)12-19(18)21)22-13-15-2-5-17(6-3-15)23-8-10-24-11-9-23/h2-7,12,14,22H,8-11,13H2,1H3. The van der Waals surface area contributed by atoms with Gasteiger partial charge in [-0.25, -0.2) is 0 Å². The fourth-order valence-corrected chi connectivity index (χ4v) is 3.45. The number of benzene rings is 2. The van der Waals surface area contributed by atoms with Crippen molar-refractivity contribution in [2.45, 2.75) is 19.5 Å². The molecule has 3 nitrogen and oxygen atoms in total. The van der Waals surface area contributed by atoms with Gasteiger partial charge in [0.05, 0.1) is 13.2 Å². The predicted molar refractivity (Wildman–Crippen MR) is 101 cm³/mol. The molecule has 1 saturated heterocycles. The highest BCUT2D eigenvalue weighted by atomic mass is 35.5. The number of ether oxygens (including phenoxy) is 1. The summed E-state index contributed by atoms with van der Waals surface area (Å²) in [6, 6.07) is 14.5. The highest BCUT2D eigenvalue weighted by molar-refractivity contribution is 6.35. The van der Waals surface area contributed by atoms with Gasteiger partial charge in [-0.05, 0) is 42.3 Å². The van der Waals surface area contributed by atoms with E-state index < -0.39 is 0 Å². The zero-order valence-corrected chi connectivity index (χ0v) is 15.3. The third kappa shape index (κ3) is 4.42. The van der Waals surface area contributed by atoms with Crippen LogP contribution in [0.25, 0.3) is 0 Å². The Bertz CT molecular complexity index is 670. The Balaban J connectivity index is 1.58. The summed E-state index contributed by atoms with van der Waals surface area (Å²) >= 11 is 12.2. The third-order valence-electron chi connectivity index (χ3n) is 4.35. The van der Waals surface area contributed by atoms with E-state index in [2.05, 4.69) is 41.4 Å². The van der Waals surface area contributed by atoms with E-state index in [1.54, 1.807) is 6.07 Å². The van der Waals surface area contributed by atoms with Crippen molar-refractivity contribution in [1.82, 2.24) is 5.32 Å². The molecule has 0 radical (unpaired) electrons. The number of nitrogens with zero attached hydrogens (tertiary/aromatic N) is 1. The molecule has 1 atom stereocenters. The fraction of sp³-hybridized carbons (Fsp3) is 0.368. The monoisotopic (exact) mass is 364 g/mol. The van der Waals surface area contributed by atoms with E-state index in [1.807, 2.05) is 12.1 Å². The molecule has 1 heterocycles. The van der Waals surface area contributed by atoms with Crippen LogP contribution in [-0.4, -0.2) is 26.3 Å². The quantitative estimate of drug-likeness (QED) is 0.833. The Morgan fingerprint density at radius 3 is 2.46 bits per heavy atom. The first-order chi connectivity index (χ1) is 11.6. The molecule has 1 aliphatic heterocycles. The summed E-state index contributed by atoms with van der Waals surface area (Å²) in [5.74, 6) is 0. The van der Waals surface area contributed by atoms with Crippen molar-refractivity contribution in [3.63, 3.8) is 0 Å². The van der Waals surface area contributed by atoms with Gasteiger partial charge in [-0.2, -0.15) is 0 Å². The van der Waals surface area contributed by atoms with E-state index in [0.717, 1.165) is 38.4 Å². The number of morpholine rings is 1. The number of hydrogen-bond donors (Lipinski definition) is 1. The van der Waals surface area contributed by atoms with Gasteiger partial charge in [0.2, 0.25) is 0 Å². The second-order valence-corrected chi connectivity index (χ2v) is 6.88. The first-order valence-electron chi connectivity index (χ1n) is 8.23. The van der Waals surface area contributed by atoms with E-state index in [0.29, 0.717) is 10.0 Å². The van der Waals surface area contributed by atoms with Gasteiger partial charge in [0.15, 0.2) is 0 Å². The minimum Gasteiger partial charge on any atom is -0.378 e. The number of halogens is 2. The molecular formula is C19H22Cl2N2O. The lowest BCUT2D eigenvalue weighted by atomic mass is 10.1. The topological polar surface area (TPSA) is 24.5 Å². The normalized spacial score (nSPS) is 16.2. The minimum absolute atomic E-state index is 0.161. The number of rotatable bonds is 5. The second-order valence-electron chi connectivity index (χ2n) is 6.03. The molecule has 0 spiro atoms. The van der Waals surface area contributed by atoms with Crippen molar-refractivity contribution >= 4 is 28.9 Å². The van der Waals surface area contributed by atoms with Gasteiger partial charge in [-0.1, -0.05) is 41.4 Å². The van der Waals surface area contributed by atoms with E-state index in [4.69, 9.17) is 27.9 Å².